The van der Waals surface area contributed by atoms with Crippen molar-refractivity contribution in [1.29, 1.82) is 0 Å². The van der Waals surface area contributed by atoms with Gasteiger partial charge in [-0.2, -0.15) is 0 Å². The quantitative estimate of drug-likeness (QED) is 0.414. The molecular formula is C22H28N4O2. The van der Waals surface area contributed by atoms with Gasteiger partial charge in [-0.1, -0.05) is 18.2 Å². The topological polar surface area (TPSA) is 74.6 Å². The fraction of sp³-hybridized carbons (Fsp3) is 0.409. The zero-order chi connectivity index (χ0) is 19.0. The molecule has 1 unspecified atom stereocenters. The number of hydrogen-bond acceptors (Lipinski definition) is 3. The SMILES string of the molecule is c1coc(CCNC(=NCC2CCCO2)NCCc2cc3ccccc3[nH]2)c1. The van der Waals surface area contributed by atoms with Gasteiger partial charge in [0.1, 0.15) is 5.76 Å². The Kier molecular flexibility index (Phi) is 6.29. The van der Waals surface area contributed by atoms with Crippen LogP contribution in [0.3, 0.4) is 0 Å². The molecule has 28 heavy (non-hydrogen) atoms. The first-order chi connectivity index (χ1) is 13.9. The van der Waals surface area contributed by atoms with Crippen LogP contribution in [-0.4, -0.2) is 43.3 Å². The Bertz CT molecular complexity index is 846. The first kappa shape index (κ1) is 18.6. The van der Waals surface area contributed by atoms with Crippen molar-refractivity contribution in [1.82, 2.24) is 15.6 Å². The maximum atomic E-state index is 5.69. The van der Waals surface area contributed by atoms with Crippen molar-refractivity contribution in [3.63, 3.8) is 0 Å². The van der Waals surface area contributed by atoms with Crippen molar-refractivity contribution >= 4 is 16.9 Å². The number of nitrogens with zero attached hydrogens (tertiary/aromatic N) is 1. The number of furan rings is 1. The van der Waals surface area contributed by atoms with Gasteiger partial charge in [-0.05, 0) is 42.5 Å². The molecule has 1 aromatic carbocycles. The fourth-order valence-corrected chi connectivity index (χ4v) is 3.50. The zero-order valence-corrected chi connectivity index (χ0v) is 16.1. The highest BCUT2D eigenvalue weighted by molar-refractivity contribution is 5.81. The summed E-state index contributed by atoms with van der Waals surface area (Å²) in [6.07, 6.45) is 5.93. The number of nitrogens with one attached hydrogen (secondary N) is 3. The highest BCUT2D eigenvalue weighted by Crippen LogP contribution is 2.14. The number of hydrogen-bond donors (Lipinski definition) is 3. The van der Waals surface area contributed by atoms with Crippen molar-refractivity contribution in [3.8, 4) is 0 Å². The number of aliphatic imine (C=N–C) groups is 1. The predicted molar refractivity (Wildman–Crippen MR) is 112 cm³/mol. The van der Waals surface area contributed by atoms with Crippen molar-refractivity contribution in [2.75, 3.05) is 26.2 Å². The van der Waals surface area contributed by atoms with E-state index in [0.717, 1.165) is 57.1 Å². The summed E-state index contributed by atoms with van der Waals surface area (Å²) in [6, 6.07) is 14.5. The van der Waals surface area contributed by atoms with Gasteiger partial charge in [-0.25, -0.2) is 0 Å². The molecule has 0 spiro atoms. The Labute approximate surface area is 165 Å². The molecule has 0 radical (unpaired) electrons. The largest absolute Gasteiger partial charge is 0.469 e. The van der Waals surface area contributed by atoms with Crippen LogP contribution in [0.1, 0.15) is 24.3 Å². The van der Waals surface area contributed by atoms with Crippen molar-refractivity contribution in [3.05, 3.63) is 60.2 Å². The lowest BCUT2D eigenvalue weighted by molar-refractivity contribution is 0.117. The molecule has 4 rings (SSSR count). The van der Waals surface area contributed by atoms with Gasteiger partial charge >= 0.3 is 0 Å². The Balaban J connectivity index is 1.29. The van der Waals surface area contributed by atoms with Gasteiger partial charge in [0.15, 0.2) is 5.96 Å². The molecule has 3 heterocycles. The van der Waals surface area contributed by atoms with Gasteiger partial charge in [0, 0.05) is 43.7 Å². The molecule has 2 aromatic heterocycles. The molecule has 1 aliphatic heterocycles. The second-order valence-electron chi connectivity index (χ2n) is 7.14. The summed E-state index contributed by atoms with van der Waals surface area (Å²) in [5.74, 6) is 1.81. The van der Waals surface area contributed by atoms with Crippen LogP contribution in [0.4, 0.5) is 0 Å². The van der Waals surface area contributed by atoms with Gasteiger partial charge in [0.05, 0.1) is 18.9 Å². The predicted octanol–water partition coefficient (Wildman–Crippen LogP) is 3.26. The first-order valence-corrected chi connectivity index (χ1v) is 10.1. The van der Waals surface area contributed by atoms with Crippen LogP contribution in [0.2, 0.25) is 0 Å². The van der Waals surface area contributed by atoms with Crippen LogP contribution in [0.25, 0.3) is 10.9 Å². The Hall–Kier alpha value is -2.73. The van der Waals surface area contributed by atoms with Crippen LogP contribution >= 0.6 is 0 Å². The van der Waals surface area contributed by atoms with E-state index in [4.69, 9.17) is 14.1 Å². The van der Waals surface area contributed by atoms with E-state index in [2.05, 4.69) is 45.9 Å². The second kappa shape index (κ2) is 9.46. The summed E-state index contributed by atoms with van der Waals surface area (Å²) in [5, 5.41) is 8.11. The first-order valence-electron chi connectivity index (χ1n) is 10.1. The molecule has 0 aliphatic carbocycles. The van der Waals surface area contributed by atoms with Gasteiger partial charge in [-0.15, -0.1) is 0 Å². The lowest BCUT2D eigenvalue weighted by Crippen LogP contribution is -2.40. The number of fused-ring (bicyclic) bond motifs is 1. The number of para-hydroxylation sites is 1. The van der Waals surface area contributed by atoms with Gasteiger partial charge in [0.2, 0.25) is 0 Å². The molecule has 0 bridgehead atoms. The molecule has 3 aromatic rings. The summed E-state index contributed by atoms with van der Waals surface area (Å²) in [5.41, 5.74) is 2.41. The Morgan fingerprint density at radius 3 is 2.79 bits per heavy atom. The summed E-state index contributed by atoms with van der Waals surface area (Å²) >= 11 is 0. The number of guanidine groups is 1. The van der Waals surface area contributed by atoms with E-state index in [1.54, 1.807) is 6.26 Å². The lowest BCUT2D eigenvalue weighted by atomic mass is 10.2. The van der Waals surface area contributed by atoms with E-state index in [1.165, 1.54) is 16.6 Å². The molecule has 0 saturated carbocycles. The highest BCUT2D eigenvalue weighted by atomic mass is 16.5. The average Bonchev–Trinajstić information content (AvgIpc) is 3.46. The van der Waals surface area contributed by atoms with E-state index in [1.807, 2.05) is 12.1 Å². The third kappa shape index (κ3) is 5.16. The summed E-state index contributed by atoms with van der Waals surface area (Å²) in [4.78, 5) is 8.20. The summed E-state index contributed by atoms with van der Waals surface area (Å²) in [6.45, 7) is 3.14. The number of aromatic amines is 1. The third-order valence-corrected chi connectivity index (χ3v) is 4.99. The maximum absolute atomic E-state index is 5.69. The molecule has 6 heteroatoms. The van der Waals surface area contributed by atoms with Crippen LogP contribution in [0.15, 0.2) is 58.1 Å². The van der Waals surface area contributed by atoms with Crippen molar-refractivity contribution in [2.45, 2.75) is 31.8 Å². The Morgan fingerprint density at radius 1 is 1.11 bits per heavy atom. The number of ether oxygens (including phenoxy) is 1. The molecule has 6 nitrogen and oxygen atoms in total. The minimum Gasteiger partial charge on any atom is -0.469 e. The highest BCUT2D eigenvalue weighted by Gasteiger charge is 2.15. The van der Waals surface area contributed by atoms with E-state index < -0.39 is 0 Å². The molecule has 3 N–H and O–H groups in total. The third-order valence-electron chi connectivity index (χ3n) is 4.99. The molecule has 1 aliphatic rings. The van der Waals surface area contributed by atoms with E-state index in [9.17, 15) is 0 Å². The number of benzene rings is 1. The van der Waals surface area contributed by atoms with E-state index in [-0.39, 0.29) is 6.10 Å². The monoisotopic (exact) mass is 380 g/mol. The molecule has 0 amide bonds. The number of aromatic nitrogens is 1. The minimum atomic E-state index is 0.248. The maximum Gasteiger partial charge on any atom is 0.191 e. The lowest BCUT2D eigenvalue weighted by Gasteiger charge is -2.13. The van der Waals surface area contributed by atoms with Gasteiger partial charge < -0.3 is 24.8 Å². The average molecular weight is 380 g/mol. The second-order valence-corrected chi connectivity index (χ2v) is 7.14. The smallest absolute Gasteiger partial charge is 0.191 e. The minimum absolute atomic E-state index is 0.248. The molecule has 1 fully saturated rings. The van der Waals surface area contributed by atoms with Gasteiger partial charge in [-0.3, -0.25) is 4.99 Å². The van der Waals surface area contributed by atoms with Crippen LogP contribution < -0.4 is 10.6 Å². The summed E-state index contributed by atoms with van der Waals surface area (Å²) in [7, 11) is 0. The van der Waals surface area contributed by atoms with Crippen LogP contribution in [-0.2, 0) is 17.6 Å². The van der Waals surface area contributed by atoms with Crippen molar-refractivity contribution in [2.24, 2.45) is 4.99 Å². The molecule has 1 atom stereocenters. The molecule has 1 saturated heterocycles. The van der Waals surface area contributed by atoms with E-state index in [0.29, 0.717) is 6.54 Å². The van der Waals surface area contributed by atoms with Gasteiger partial charge in [0.25, 0.3) is 0 Å². The van der Waals surface area contributed by atoms with E-state index >= 15 is 0 Å². The standard InChI is InChI=1S/C22H28N4O2/c1-2-8-21-17(5-1)15-18(26-21)9-11-23-22(25-16-20-7-4-14-28-20)24-12-10-19-6-3-13-27-19/h1-3,5-6,8,13,15,20,26H,4,7,9-12,14,16H2,(H2,23,24,25). The fourth-order valence-electron chi connectivity index (χ4n) is 3.50. The van der Waals surface area contributed by atoms with Crippen molar-refractivity contribution < 1.29 is 9.15 Å². The van der Waals surface area contributed by atoms with Crippen LogP contribution in [0, 0.1) is 0 Å². The Morgan fingerprint density at radius 2 is 2.00 bits per heavy atom. The summed E-state index contributed by atoms with van der Waals surface area (Å²) < 4.78 is 11.1. The number of H-pyrrole nitrogens is 1. The normalized spacial score (nSPS) is 17.3. The number of rotatable bonds is 8. The molecule has 148 valence electrons. The zero-order valence-electron chi connectivity index (χ0n) is 16.1. The molecular weight excluding hydrogens is 352 g/mol. The van der Waals surface area contributed by atoms with Crippen LogP contribution in [0.5, 0.6) is 0 Å².